The van der Waals surface area contributed by atoms with E-state index in [1.807, 2.05) is 11.8 Å². The summed E-state index contributed by atoms with van der Waals surface area (Å²) in [6, 6.07) is 8.42. The second-order valence-electron chi connectivity index (χ2n) is 5.96. The Kier molecular flexibility index (Phi) is 6.12. The van der Waals surface area contributed by atoms with Gasteiger partial charge < -0.3 is 10.0 Å². The highest BCUT2D eigenvalue weighted by Gasteiger charge is 2.26. The molecule has 1 aromatic carbocycles. The second kappa shape index (κ2) is 7.85. The van der Waals surface area contributed by atoms with E-state index in [1.165, 1.54) is 11.1 Å². The molecule has 1 aliphatic heterocycles. The van der Waals surface area contributed by atoms with Gasteiger partial charge >= 0.3 is 0 Å². The number of likely N-dealkylation sites (tertiary alicyclic amines) is 1. The van der Waals surface area contributed by atoms with Gasteiger partial charge in [-0.25, -0.2) is 0 Å². The molecule has 116 valence electrons. The van der Waals surface area contributed by atoms with Crippen LogP contribution in [0.2, 0.25) is 0 Å². The highest BCUT2D eigenvalue weighted by molar-refractivity contribution is 7.99. The summed E-state index contributed by atoms with van der Waals surface area (Å²) < 4.78 is 0. The summed E-state index contributed by atoms with van der Waals surface area (Å²) in [5.41, 5.74) is 2.53. The zero-order chi connectivity index (χ0) is 15.2. The van der Waals surface area contributed by atoms with Gasteiger partial charge in [-0.05, 0) is 32.3 Å². The summed E-state index contributed by atoms with van der Waals surface area (Å²) in [5.74, 6) is 1.85. The Labute approximate surface area is 131 Å². The number of nitrogens with zero attached hydrogens (tertiary/aromatic N) is 1. The number of aliphatic hydroxyl groups is 1. The smallest absolute Gasteiger partial charge is 0.232 e. The lowest BCUT2D eigenvalue weighted by Crippen LogP contribution is -2.43. The minimum Gasteiger partial charge on any atom is -0.393 e. The van der Waals surface area contributed by atoms with E-state index >= 15 is 0 Å². The van der Waals surface area contributed by atoms with Gasteiger partial charge in [-0.1, -0.05) is 29.8 Å². The average molecular weight is 307 g/mol. The van der Waals surface area contributed by atoms with Crippen molar-refractivity contribution in [1.29, 1.82) is 0 Å². The van der Waals surface area contributed by atoms with E-state index in [0.717, 1.165) is 25.1 Å². The molecule has 1 aliphatic rings. The van der Waals surface area contributed by atoms with E-state index in [9.17, 15) is 9.90 Å². The molecule has 4 heteroatoms. The minimum atomic E-state index is -0.319. The van der Waals surface area contributed by atoms with Crippen molar-refractivity contribution < 1.29 is 9.90 Å². The predicted octanol–water partition coefficient (Wildman–Crippen LogP) is 2.85. The van der Waals surface area contributed by atoms with Gasteiger partial charge in [0.1, 0.15) is 0 Å². The number of hydrogen-bond donors (Lipinski definition) is 1. The van der Waals surface area contributed by atoms with E-state index in [1.54, 1.807) is 11.8 Å². The van der Waals surface area contributed by atoms with Crippen LogP contribution in [0, 0.1) is 12.8 Å². The van der Waals surface area contributed by atoms with Crippen LogP contribution in [0.3, 0.4) is 0 Å². The molecule has 1 N–H and O–H groups in total. The van der Waals surface area contributed by atoms with Crippen LogP contribution in [0.1, 0.15) is 30.9 Å². The SMILES string of the molecule is Cc1cccc(CSCC(=O)N2CCCC(C(C)O)C2)c1. The number of carbonyl (C=O) groups is 1. The Bertz CT molecular complexity index is 476. The third kappa shape index (κ3) is 5.04. The fourth-order valence-electron chi connectivity index (χ4n) is 2.78. The first-order valence-corrected chi connectivity index (χ1v) is 8.81. The molecular formula is C17H25NO2S. The third-order valence-electron chi connectivity index (χ3n) is 4.07. The number of benzene rings is 1. The van der Waals surface area contributed by atoms with Crippen LogP contribution in [0.25, 0.3) is 0 Å². The van der Waals surface area contributed by atoms with Gasteiger partial charge in [0.25, 0.3) is 0 Å². The Morgan fingerprint density at radius 3 is 3.05 bits per heavy atom. The summed E-state index contributed by atoms with van der Waals surface area (Å²) in [7, 11) is 0. The van der Waals surface area contributed by atoms with E-state index in [-0.39, 0.29) is 17.9 Å². The molecule has 1 amide bonds. The van der Waals surface area contributed by atoms with Crippen molar-refractivity contribution in [2.24, 2.45) is 5.92 Å². The Hall–Kier alpha value is -1.00. The van der Waals surface area contributed by atoms with Gasteiger partial charge in [0.05, 0.1) is 11.9 Å². The molecule has 1 fully saturated rings. The number of hydrogen-bond acceptors (Lipinski definition) is 3. The zero-order valence-electron chi connectivity index (χ0n) is 12.9. The van der Waals surface area contributed by atoms with Crippen LogP contribution >= 0.6 is 11.8 Å². The molecule has 3 nitrogen and oxygen atoms in total. The molecule has 1 saturated heterocycles. The lowest BCUT2D eigenvalue weighted by Gasteiger charge is -2.34. The number of thioether (sulfide) groups is 1. The topological polar surface area (TPSA) is 40.5 Å². The summed E-state index contributed by atoms with van der Waals surface area (Å²) >= 11 is 1.67. The first-order valence-electron chi connectivity index (χ1n) is 7.65. The van der Waals surface area contributed by atoms with Crippen LogP contribution < -0.4 is 0 Å². The molecule has 2 rings (SSSR count). The first-order chi connectivity index (χ1) is 10.1. The summed E-state index contributed by atoms with van der Waals surface area (Å²) in [4.78, 5) is 14.2. The van der Waals surface area contributed by atoms with Gasteiger partial charge in [0.2, 0.25) is 5.91 Å². The molecule has 0 aliphatic carbocycles. The standard InChI is InChI=1S/C17H25NO2S/c1-13-5-3-6-15(9-13)11-21-12-17(20)18-8-4-7-16(10-18)14(2)19/h3,5-6,9,14,16,19H,4,7-8,10-12H2,1-2H3. The number of aliphatic hydroxyl groups excluding tert-OH is 1. The normalized spacial score (nSPS) is 20.3. The van der Waals surface area contributed by atoms with Crippen molar-refractivity contribution in [3.63, 3.8) is 0 Å². The number of piperidine rings is 1. The molecule has 2 atom stereocenters. The number of rotatable bonds is 5. The maximum atomic E-state index is 12.2. The molecule has 0 bridgehead atoms. The highest BCUT2D eigenvalue weighted by atomic mass is 32.2. The average Bonchev–Trinajstić information content (AvgIpc) is 2.47. The van der Waals surface area contributed by atoms with E-state index in [4.69, 9.17) is 0 Å². The number of aryl methyl sites for hydroxylation is 1. The quantitative estimate of drug-likeness (QED) is 0.909. The molecule has 0 aromatic heterocycles. The Balaban J connectivity index is 1.76. The fraction of sp³-hybridized carbons (Fsp3) is 0.588. The van der Waals surface area contributed by atoms with Crippen LogP contribution in [0.15, 0.2) is 24.3 Å². The molecule has 2 unspecified atom stereocenters. The summed E-state index contributed by atoms with van der Waals surface area (Å²) in [6.07, 6.45) is 1.71. The first kappa shape index (κ1) is 16.4. The fourth-order valence-corrected chi connectivity index (χ4v) is 3.65. The van der Waals surface area contributed by atoms with Gasteiger partial charge in [0, 0.05) is 24.8 Å². The third-order valence-corrected chi connectivity index (χ3v) is 5.06. The largest absolute Gasteiger partial charge is 0.393 e. The molecule has 0 spiro atoms. The maximum absolute atomic E-state index is 12.2. The number of amides is 1. The van der Waals surface area contributed by atoms with Gasteiger partial charge in [-0.3, -0.25) is 4.79 Å². The molecule has 1 aromatic rings. The highest BCUT2D eigenvalue weighted by Crippen LogP contribution is 2.21. The van der Waals surface area contributed by atoms with Gasteiger partial charge in [-0.15, -0.1) is 11.8 Å². The molecule has 0 radical (unpaired) electrons. The Morgan fingerprint density at radius 1 is 1.52 bits per heavy atom. The minimum absolute atomic E-state index is 0.206. The zero-order valence-corrected chi connectivity index (χ0v) is 13.7. The van der Waals surface area contributed by atoms with E-state index < -0.39 is 0 Å². The molecular weight excluding hydrogens is 282 g/mol. The van der Waals surface area contributed by atoms with Gasteiger partial charge in [-0.2, -0.15) is 0 Å². The van der Waals surface area contributed by atoms with Crippen molar-refractivity contribution in [1.82, 2.24) is 4.90 Å². The van der Waals surface area contributed by atoms with Crippen molar-refractivity contribution in [3.8, 4) is 0 Å². The predicted molar refractivity (Wildman–Crippen MR) is 88.3 cm³/mol. The van der Waals surface area contributed by atoms with Crippen molar-refractivity contribution in [2.45, 2.75) is 38.5 Å². The molecule has 1 heterocycles. The molecule has 0 saturated carbocycles. The summed E-state index contributed by atoms with van der Waals surface area (Å²) in [6.45, 7) is 5.46. The van der Waals surface area contributed by atoms with Crippen LogP contribution in [0.4, 0.5) is 0 Å². The van der Waals surface area contributed by atoms with Crippen LogP contribution in [-0.2, 0) is 10.5 Å². The molecule has 21 heavy (non-hydrogen) atoms. The second-order valence-corrected chi connectivity index (χ2v) is 6.95. The maximum Gasteiger partial charge on any atom is 0.232 e. The summed E-state index contributed by atoms with van der Waals surface area (Å²) in [5, 5.41) is 9.68. The van der Waals surface area contributed by atoms with Crippen molar-refractivity contribution in [2.75, 3.05) is 18.8 Å². The van der Waals surface area contributed by atoms with Crippen LogP contribution in [-0.4, -0.2) is 40.9 Å². The van der Waals surface area contributed by atoms with Crippen molar-refractivity contribution >= 4 is 17.7 Å². The lowest BCUT2D eigenvalue weighted by molar-refractivity contribution is -0.130. The lowest BCUT2D eigenvalue weighted by atomic mass is 9.93. The number of carbonyl (C=O) groups excluding carboxylic acids is 1. The van der Waals surface area contributed by atoms with E-state index in [2.05, 4.69) is 31.2 Å². The Morgan fingerprint density at radius 2 is 2.33 bits per heavy atom. The van der Waals surface area contributed by atoms with Crippen LogP contribution in [0.5, 0.6) is 0 Å². The van der Waals surface area contributed by atoms with Gasteiger partial charge in [0.15, 0.2) is 0 Å². The monoisotopic (exact) mass is 307 g/mol. The van der Waals surface area contributed by atoms with E-state index in [0.29, 0.717) is 12.3 Å². The van der Waals surface area contributed by atoms with Crippen molar-refractivity contribution in [3.05, 3.63) is 35.4 Å².